The van der Waals surface area contributed by atoms with Crippen LogP contribution in [0.25, 0.3) is 0 Å². The average molecular weight is 342 g/mol. The van der Waals surface area contributed by atoms with Gasteiger partial charge in [-0.2, -0.15) is 0 Å². The van der Waals surface area contributed by atoms with Crippen LogP contribution >= 0.6 is 31.9 Å². The van der Waals surface area contributed by atoms with Crippen molar-refractivity contribution < 1.29 is 0 Å². The van der Waals surface area contributed by atoms with Crippen LogP contribution in [-0.4, -0.2) is 10.7 Å². The molecule has 2 heteroatoms. The van der Waals surface area contributed by atoms with Crippen LogP contribution in [0, 0.1) is 5.92 Å². The second kappa shape index (κ2) is 13.0. The van der Waals surface area contributed by atoms with E-state index in [1.165, 1.54) is 57.8 Å². The standard InChI is InChI=1S/C13H26Br2/c1-2-3-4-5-6-7-8-9-10-13(11-14)12-15/h13H,2-12H2,1H3. The van der Waals surface area contributed by atoms with Gasteiger partial charge in [0.05, 0.1) is 0 Å². The average Bonchev–Trinajstić information content (AvgIpc) is 2.27. The first-order chi connectivity index (χ1) is 7.35. The maximum absolute atomic E-state index is 3.56. The summed E-state index contributed by atoms with van der Waals surface area (Å²) in [7, 11) is 0. The molecule has 0 aliphatic rings. The Hall–Kier alpha value is 0.960. The highest BCUT2D eigenvalue weighted by molar-refractivity contribution is 9.09. The van der Waals surface area contributed by atoms with Crippen LogP contribution in [0.3, 0.4) is 0 Å². The topological polar surface area (TPSA) is 0 Å². The van der Waals surface area contributed by atoms with E-state index in [0.717, 1.165) is 16.6 Å². The van der Waals surface area contributed by atoms with Crippen LogP contribution in [0.2, 0.25) is 0 Å². The van der Waals surface area contributed by atoms with Crippen molar-refractivity contribution >= 4 is 31.9 Å². The molecule has 0 aromatic heterocycles. The summed E-state index contributed by atoms with van der Waals surface area (Å²) in [6.45, 7) is 2.28. The summed E-state index contributed by atoms with van der Waals surface area (Å²) in [5.41, 5.74) is 0. The van der Waals surface area contributed by atoms with Gasteiger partial charge in [-0.1, -0.05) is 90.2 Å². The Labute approximate surface area is 113 Å². The van der Waals surface area contributed by atoms with E-state index in [-0.39, 0.29) is 0 Å². The number of unbranched alkanes of at least 4 members (excludes halogenated alkanes) is 7. The Morgan fingerprint density at radius 2 is 1.20 bits per heavy atom. The van der Waals surface area contributed by atoms with E-state index >= 15 is 0 Å². The smallest absolute Gasteiger partial charge is 0.00676 e. The minimum atomic E-state index is 0.838. The van der Waals surface area contributed by atoms with E-state index in [0.29, 0.717) is 0 Å². The summed E-state index contributed by atoms with van der Waals surface area (Å²) in [5, 5.41) is 2.30. The van der Waals surface area contributed by atoms with Crippen molar-refractivity contribution in [3.05, 3.63) is 0 Å². The molecule has 0 atom stereocenters. The number of rotatable bonds is 11. The van der Waals surface area contributed by atoms with Gasteiger partial charge in [-0.15, -0.1) is 0 Å². The van der Waals surface area contributed by atoms with Crippen molar-refractivity contribution in [1.29, 1.82) is 0 Å². The predicted octanol–water partition coefficient (Wildman–Crippen LogP) is 5.92. The van der Waals surface area contributed by atoms with Gasteiger partial charge in [0.15, 0.2) is 0 Å². The Morgan fingerprint density at radius 1 is 0.733 bits per heavy atom. The molecule has 0 fully saturated rings. The molecular formula is C13H26Br2. The van der Waals surface area contributed by atoms with Gasteiger partial charge in [0.25, 0.3) is 0 Å². The first-order valence-corrected chi connectivity index (χ1v) is 8.71. The lowest BCUT2D eigenvalue weighted by Crippen LogP contribution is -2.02. The van der Waals surface area contributed by atoms with Crippen molar-refractivity contribution in [3.8, 4) is 0 Å². The van der Waals surface area contributed by atoms with E-state index < -0.39 is 0 Å². The zero-order valence-corrected chi connectivity index (χ0v) is 13.3. The van der Waals surface area contributed by atoms with Crippen molar-refractivity contribution in [2.45, 2.75) is 64.7 Å². The highest BCUT2D eigenvalue weighted by Crippen LogP contribution is 2.16. The number of halogens is 2. The molecule has 0 rings (SSSR count). The molecule has 0 spiro atoms. The van der Waals surface area contributed by atoms with E-state index in [1.54, 1.807) is 0 Å². The zero-order valence-electron chi connectivity index (χ0n) is 10.1. The van der Waals surface area contributed by atoms with Gasteiger partial charge < -0.3 is 0 Å². The molecule has 0 aromatic rings. The summed E-state index contributed by atoms with van der Waals surface area (Å²) in [4.78, 5) is 0. The lowest BCUT2D eigenvalue weighted by molar-refractivity contribution is 0.520. The molecule has 0 heterocycles. The summed E-state index contributed by atoms with van der Waals surface area (Å²) in [6.07, 6.45) is 12.8. The van der Waals surface area contributed by atoms with Crippen LogP contribution in [0.5, 0.6) is 0 Å². The summed E-state index contributed by atoms with van der Waals surface area (Å²) in [6, 6.07) is 0. The lowest BCUT2D eigenvalue weighted by atomic mass is 10.0. The SMILES string of the molecule is CCCCCCCCCCC(CBr)CBr. The molecular weight excluding hydrogens is 316 g/mol. The summed E-state index contributed by atoms with van der Waals surface area (Å²) < 4.78 is 0. The van der Waals surface area contributed by atoms with Gasteiger partial charge >= 0.3 is 0 Å². The summed E-state index contributed by atoms with van der Waals surface area (Å²) >= 11 is 7.11. The van der Waals surface area contributed by atoms with E-state index in [2.05, 4.69) is 38.8 Å². The molecule has 0 bridgehead atoms. The normalized spacial score (nSPS) is 11.2. The predicted molar refractivity (Wildman–Crippen MR) is 78.3 cm³/mol. The molecule has 0 N–H and O–H groups in total. The number of hydrogen-bond donors (Lipinski definition) is 0. The van der Waals surface area contributed by atoms with E-state index in [1.807, 2.05) is 0 Å². The summed E-state index contributed by atoms with van der Waals surface area (Å²) in [5.74, 6) is 0.838. The zero-order chi connectivity index (χ0) is 11.4. The lowest BCUT2D eigenvalue weighted by Gasteiger charge is -2.09. The van der Waals surface area contributed by atoms with Crippen molar-refractivity contribution in [3.63, 3.8) is 0 Å². The largest absolute Gasteiger partial charge is 0.0925 e. The number of alkyl halides is 2. The fraction of sp³-hybridized carbons (Fsp3) is 1.00. The van der Waals surface area contributed by atoms with Crippen LogP contribution in [0.4, 0.5) is 0 Å². The van der Waals surface area contributed by atoms with Gasteiger partial charge in [0.1, 0.15) is 0 Å². The third kappa shape index (κ3) is 11.2. The molecule has 0 radical (unpaired) electrons. The van der Waals surface area contributed by atoms with Gasteiger partial charge in [-0.3, -0.25) is 0 Å². The van der Waals surface area contributed by atoms with Crippen LogP contribution < -0.4 is 0 Å². The van der Waals surface area contributed by atoms with Gasteiger partial charge in [-0.05, 0) is 12.3 Å². The second-order valence-electron chi connectivity index (χ2n) is 4.44. The molecule has 0 aromatic carbocycles. The fourth-order valence-corrected chi connectivity index (χ4v) is 3.48. The van der Waals surface area contributed by atoms with E-state index in [9.17, 15) is 0 Å². The third-order valence-electron chi connectivity index (χ3n) is 2.90. The molecule has 15 heavy (non-hydrogen) atoms. The van der Waals surface area contributed by atoms with Crippen molar-refractivity contribution in [2.24, 2.45) is 5.92 Å². The fourth-order valence-electron chi connectivity index (χ4n) is 1.76. The molecule has 0 saturated carbocycles. The third-order valence-corrected chi connectivity index (χ3v) is 4.73. The maximum Gasteiger partial charge on any atom is 0.00676 e. The highest BCUT2D eigenvalue weighted by Gasteiger charge is 2.03. The molecule has 0 nitrogen and oxygen atoms in total. The van der Waals surface area contributed by atoms with Crippen LogP contribution in [0.15, 0.2) is 0 Å². The quantitative estimate of drug-likeness (QED) is 0.323. The Morgan fingerprint density at radius 3 is 1.67 bits per heavy atom. The monoisotopic (exact) mass is 340 g/mol. The minimum absolute atomic E-state index is 0.838. The molecule has 0 aliphatic carbocycles. The van der Waals surface area contributed by atoms with Gasteiger partial charge in [0.2, 0.25) is 0 Å². The second-order valence-corrected chi connectivity index (χ2v) is 5.73. The molecule has 0 aliphatic heterocycles. The first-order valence-electron chi connectivity index (χ1n) is 6.47. The van der Waals surface area contributed by atoms with Crippen LogP contribution in [0.1, 0.15) is 64.7 Å². The number of hydrogen-bond acceptors (Lipinski definition) is 0. The molecule has 0 saturated heterocycles. The molecule has 0 unspecified atom stereocenters. The maximum atomic E-state index is 3.56. The highest BCUT2D eigenvalue weighted by atomic mass is 79.9. The van der Waals surface area contributed by atoms with Gasteiger partial charge in [-0.25, -0.2) is 0 Å². The van der Waals surface area contributed by atoms with Crippen molar-refractivity contribution in [1.82, 2.24) is 0 Å². The Kier molecular flexibility index (Phi) is 13.9. The first kappa shape index (κ1) is 16.0. The Balaban J connectivity index is 3.04. The minimum Gasteiger partial charge on any atom is -0.0925 e. The van der Waals surface area contributed by atoms with Crippen LogP contribution in [-0.2, 0) is 0 Å². The molecule has 92 valence electrons. The van der Waals surface area contributed by atoms with Gasteiger partial charge in [0, 0.05) is 10.7 Å². The van der Waals surface area contributed by atoms with E-state index in [4.69, 9.17) is 0 Å². The molecule has 0 amide bonds. The Bertz CT molecular complexity index is 111. The van der Waals surface area contributed by atoms with Crippen molar-refractivity contribution in [2.75, 3.05) is 10.7 Å².